The van der Waals surface area contributed by atoms with Crippen LogP contribution in [0.1, 0.15) is 6.23 Å². The van der Waals surface area contributed by atoms with Gasteiger partial charge in [-0.25, -0.2) is 9.97 Å². The van der Waals surface area contributed by atoms with Gasteiger partial charge in [-0.05, 0) is 0 Å². The molecule has 0 aromatic carbocycles. The average Bonchev–Trinajstić information content (AvgIpc) is 3.01. The van der Waals surface area contributed by atoms with Gasteiger partial charge >= 0.3 is 0 Å². The van der Waals surface area contributed by atoms with E-state index in [0.29, 0.717) is 0 Å². The van der Waals surface area contributed by atoms with E-state index < -0.39 is 42.5 Å². The monoisotopic (exact) mass is 315 g/mol. The summed E-state index contributed by atoms with van der Waals surface area (Å²) in [5.41, 5.74) is 0.477. The van der Waals surface area contributed by atoms with E-state index in [9.17, 15) is 14.8 Å². The van der Waals surface area contributed by atoms with E-state index >= 15 is 0 Å². The molecule has 5 atom stereocenters. The van der Waals surface area contributed by atoms with Gasteiger partial charge in [0.25, 0.3) is 5.03 Å². The molecule has 2 aromatic rings. The Kier molecular flexibility index (Phi) is 3.79. The molecular weight excluding hydrogens is 302 g/mol. The van der Waals surface area contributed by atoms with Crippen LogP contribution in [0.25, 0.3) is 11.2 Å². The molecular formula is C10H13N5O5S. The minimum absolute atomic E-state index is 0.0606. The highest BCUT2D eigenvalue weighted by Crippen LogP contribution is 2.31. The van der Waals surface area contributed by atoms with Crippen molar-refractivity contribution in [2.75, 3.05) is 6.61 Å². The number of ether oxygens (including phenoxy) is 1. The summed E-state index contributed by atoms with van der Waals surface area (Å²) in [4.78, 5) is 11.8. The summed E-state index contributed by atoms with van der Waals surface area (Å²) in [5, 5.41) is 34.2. The van der Waals surface area contributed by atoms with E-state index in [1.165, 1.54) is 17.2 Å². The van der Waals surface area contributed by atoms with Crippen LogP contribution < -0.4 is 5.14 Å². The summed E-state index contributed by atoms with van der Waals surface area (Å²) in [6.07, 6.45) is -1.90. The summed E-state index contributed by atoms with van der Waals surface area (Å²) in [6.45, 7) is -0.436. The largest absolute Gasteiger partial charge is 0.592 e. The van der Waals surface area contributed by atoms with Gasteiger partial charge in [-0.1, -0.05) is 0 Å². The third-order valence-corrected chi connectivity index (χ3v) is 3.99. The van der Waals surface area contributed by atoms with E-state index in [-0.39, 0.29) is 16.2 Å². The van der Waals surface area contributed by atoms with Crippen molar-refractivity contribution in [3.63, 3.8) is 0 Å². The van der Waals surface area contributed by atoms with Crippen LogP contribution >= 0.6 is 0 Å². The average molecular weight is 315 g/mol. The lowest BCUT2D eigenvalue weighted by molar-refractivity contribution is -0.0511. The van der Waals surface area contributed by atoms with Gasteiger partial charge in [0.05, 0.1) is 24.3 Å². The summed E-state index contributed by atoms with van der Waals surface area (Å²) in [6, 6.07) is 0. The summed E-state index contributed by atoms with van der Waals surface area (Å²) < 4.78 is 18.2. The molecule has 1 aliphatic heterocycles. The Labute approximate surface area is 121 Å². The third kappa shape index (κ3) is 2.28. The number of hydrogen-bond acceptors (Lipinski definition) is 9. The Morgan fingerprint density at radius 2 is 2.10 bits per heavy atom. The van der Waals surface area contributed by atoms with E-state index in [1.54, 1.807) is 0 Å². The maximum absolute atomic E-state index is 11.4. The molecule has 11 heteroatoms. The SMILES string of the molecule is N[S+]([O-])c1ncnc2c1ncn2[C@@H]1O[C@H](CO)[C@@H](O)[C@H]1O. The fraction of sp³-hybridized carbons (Fsp3) is 0.500. The van der Waals surface area contributed by atoms with Crippen LogP contribution in [0.2, 0.25) is 0 Å². The third-order valence-electron chi connectivity index (χ3n) is 3.31. The molecule has 1 fully saturated rings. The van der Waals surface area contributed by atoms with Crippen molar-refractivity contribution in [2.45, 2.75) is 29.6 Å². The first-order valence-corrected chi connectivity index (χ1v) is 7.22. The fourth-order valence-corrected chi connectivity index (χ4v) is 2.76. The Morgan fingerprint density at radius 1 is 1.33 bits per heavy atom. The topological polar surface area (TPSA) is 163 Å². The first-order chi connectivity index (χ1) is 10.0. The van der Waals surface area contributed by atoms with Crippen LogP contribution in [0.15, 0.2) is 17.7 Å². The van der Waals surface area contributed by atoms with Gasteiger partial charge in [0, 0.05) is 0 Å². The maximum atomic E-state index is 11.4. The van der Waals surface area contributed by atoms with Gasteiger partial charge in [0.1, 0.15) is 24.6 Å². The lowest BCUT2D eigenvalue weighted by atomic mass is 10.1. The summed E-state index contributed by atoms with van der Waals surface area (Å²) >= 11 is -1.84. The number of aliphatic hydroxyl groups is 3. The minimum Gasteiger partial charge on any atom is -0.592 e. The van der Waals surface area contributed by atoms with Crippen molar-refractivity contribution in [3.05, 3.63) is 12.7 Å². The van der Waals surface area contributed by atoms with Gasteiger partial charge < -0.3 is 24.6 Å². The highest BCUT2D eigenvalue weighted by Gasteiger charge is 2.44. The quantitative estimate of drug-likeness (QED) is 0.352. The zero-order valence-electron chi connectivity index (χ0n) is 10.6. The van der Waals surface area contributed by atoms with Crippen molar-refractivity contribution in [3.8, 4) is 0 Å². The Bertz CT molecular complexity index is 652. The summed E-state index contributed by atoms with van der Waals surface area (Å²) in [5.74, 6) is 0. The molecule has 0 spiro atoms. The molecule has 21 heavy (non-hydrogen) atoms. The molecule has 0 aliphatic carbocycles. The zero-order chi connectivity index (χ0) is 15.1. The standard InChI is InChI=1S/C10H13N5O5S/c11-21(19)9-5-8(12-2-13-9)15(3-14-5)10-7(18)6(17)4(1-16)20-10/h2-4,6-7,10,16-18H,1,11H2/t4-,6-,7-,10-,21?/m1/s1. The molecule has 2 aromatic heterocycles. The van der Waals surface area contributed by atoms with Crippen LogP contribution in [0.4, 0.5) is 0 Å². The Morgan fingerprint density at radius 3 is 2.71 bits per heavy atom. The van der Waals surface area contributed by atoms with Crippen LogP contribution in [0.5, 0.6) is 0 Å². The molecule has 10 nitrogen and oxygen atoms in total. The zero-order valence-corrected chi connectivity index (χ0v) is 11.4. The number of hydrogen-bond donors (Lipinski definition) is 4. The molecule has 0 radical (unpaired) electrons. The van der Waals surface area contributed by atoms with Crippen LogP contribution in [-0.2, 0) is 16.1 Å². The van der Waals surface area contributed by atoms with E-state index in [2.05, 4.69) is 15.0 Å². The lowest BCUT2D eigenvalue weighted by Crippen LogP contribution is -2.33. The minimum atomic E-state index is -1.84. The predicted molar refractivity (Wildman–Crippen MR) is 68.9 cm³/mol. The second kappa shape index (κ2) is 5.46. The second-order valence-electron chi connectivity index (χ2n) is 4.53. The second-order valence-corrected chi connectivity index (χ2v) is 5.51. The normalized spacial score (nSPS) is 30.9. The van der Waals surface area contributed by atoms with Crippen LogP contribution in [-0.4, -0.2) is 64.3 Å². The van der Waals surface area contributed by atoms with Crippen molar-refractivity contribution in [2.24, 2.45) is 5.14 Å². The van der Waals surface area contributed by atoms with Gasteiger partial charge in [0.2, 0.25) is 0 Å². The molecule has 5 N–H and O–H groups in total. The van der Waals surface area contributed by atoms with Crippen molar-refractivity contribution in [1.29, 1.82) is 0 Å². The van der Waals surface area contributed by atoms with Crippen molar-refractivity contribution >= 4 is 22.5 Å². The predicted octanol–water partition coefficient (Wildman–Crippen LogP) is -2.58. The molecule has 1 saturated heterocycles. The van der Waals surface area contributed by atoms with Gasteiger partial charge in [-0.15, -0.1) is 5.14 Å². The lowest BCUT2D eigenvalue weighted by Gasteiger charge is -2.16. The van der Waals surface area contributed by atoms with Gasteiger partial charge in [0.15, 0.2) is 17.4 Å². The molecule has 0 amide bonds. The number of nitrogens with zero attached hydrogens (tertiary/aromatic N) is 4. The maximum Gasteiger partial charge on any atom is 0.296 e. The Hall–Kier alpha value is -1.34. The van der Waals surface area contributed by atoms with Gasteiger partial charge in [-0.3, -0.25) is 4.57 Å². The fourth-order valence-electron chi connectivity index (χ4n) is 2.27. The van der Waals surface area contributed by atoms with E-state index in [1.807, 2.05) is 0 Å². The Balaban J connectivity index is 2.04. The molecule has 3 heterocycles. The van der Waals surface area contributed by atoms with Crippen LogP contribution in [0, 0.1) is 0 Å². The van der Waals surface area contributed by atoms with Crippen molar-refractivity contribution in [1.82, 2.24) is 19.5 Å². The number of rotatable bonds is 3. The first-order valence-electron chi connectivity index (χ1n) is 6.00. The summed E-state index contributed by atoms with van der Waals surface area (Å²) in [7, 11) is 0. The van der Waals surface area contributed by atoms with Gasteiger partial charge in [-0.2, -0.15) is 4.98 Å². The molecule has 0 saturated carbocycles. The smallest absolute Gasteiger partial charge is 0.296 e. The molecule has 0 bridgehead atoms. The molecule has 1 aliphatic rings. The van der Waals surface area contributed by atoms with Crippen molar-refractivity contribution < 1.29 is 24.6 Å². The number of aromatic nitrogens is 4. The molecule has 3 rings (SSSR count). The molecule has 114 valence electrons. The van der Waals surface area contributed by atoms with E-state index in [4.69, 9.17) is 15.0 Å². The number of fused-ring (bicyclic) bond motifs is 1. The van der Waals surface area contributed by atoms with Crippen LogP contribution in [0.3, 0.4) is 0 Å². The highest BCUT2D eigenvalue weighted by atomic mass is 32.2. The molecule has 1 unspecified atom stereocenters. The number of imidazole rings is 1. The number of aliphatic hydroxyl groups excluding tert-OH is 3. The first kappa shape index (κ1) is 14.6. The number of nitrogens with two attached hydrogens (primary N) is 1. The highest BCUT2D eigenvalue weighted by molar-refractivity contribution is 7.89. The van der Waals surface area contributed by atoms with E-state index in [0.717, 1.165) is 0 Å².